The fraction of sp³-hybridized carbons (Fsp3) is 0.389. The topological polar surface area (TPSA) is 62.3 Å². The first-order chi connectivity index (χ1) is 11.7. The van der Waals surface area contributed by atoms with Gasteiger partial charge >= 0.3 is 0 Å². The van der Waals surface area contributed by atoms with Crippen LogP contribution in [0.3, 0.4) is 0 Å². The maximum absolute atomic E-state index is 12.3. The Kier molecular flexibility index (Phi) is 5.59. The zero-order chi connectivity index (χ0) is 16.8. The minimum Gasteiger partial charge on any atom is -0.355 e. The molecule has 0 atom stereocenters. The maximum Gasteiger partial charge on any atom is 0.263 e. The maximum atomic E-state index is 12.3. The van der Waals surface area contributed by atoms with Gasteiger partial charge in [-0.2, -0.15) is 0 Å². The average molecular weight is 343 g/mol. The van der Waals surface area contributed by atoms with Crippen molar-refractivity contribution < 1.29 is 9.59 Å². The van der Waals surface area contributed by atoms with Gasteiger partial charge in [0, 0.05) is 43.9 Å². The number of amides is 2. The molecular weight excluding hydrogens is 322 g/mol. The second kappa shape index (κ2) is 8.06. The Balaban J connectivity index is 1.41. The van der Waals surface area contributed by atoms with Crippen LogP contribution in [0.15, 0.2) is 41.9 Å². The zero-order valence-electron chi connectivity index (χ0n) is 13.5. The summed E-state index contributed by atoms with van der Waals surface area (Å²) in [5.74, 6) is 0.175. The number of carbonyl (C=O) groups excluding carboxylic acids is 2. The SMILES string of the molecule is O=C(NCCc1ccccn1)C1CCN(C(=O)c2cccs2)CC1. The van der Waals surface area contributed by atoms with Crippen LogP contribution in [-0.4, -0.2) is 41.3 Å². The summed E-state index contributed by atoms with van der Waals surface area (Å²) in [6.45, 7) is 1.90. The quantitative estimate of drug-likeness (QED) is 0.906. The largest absolute Gasteiger partial charge is 0.355 e. The van der Waals surface area contributed by atoms with Gasteiger partial charge in [-0.05, 0) is 36.4 Å². The second-order valence-corrected chi connectivity index (χ2v) is 6.85. The van der Waals surface area contributed by atoms with Crippen LogP contribution in [0.5, 0.6) is 0 Å². The first-order valence-corrected chi connectivity index (χ1v) is 9.12. The van der Waals surface area contributed by atoms with Gasteiger partial charge in [0.25, 0.3) is 5.91 Å². The number of aromatic nitrogens is 1. The third-order valence-corrected chi connectivity index (χ3v) is 5.15. The molecule has 0 saturated carbocycles. The number of nitrogens with zero attached hydrogens (tertiary/aromatic N) is 2. The molecule has 3 heterocycles. The molecule has 126 valence electrons. The summed E-state index contributed by atoms with van der Waals surface area (Å²) in [5.41, 5.74) is 0.981. The third kappa shape index (κ3) is 4.20. The van der Waals surface area contributed by atoms with Gasteiger partial charge in [0.1, 0.15) is 0 Å². The predicted octanol–water partition coefficient (Wildman–Crippen LogP) is 2.35. The lowest BCUT2D eigenvalue weighted by atomic mass is 9.95. The monoisotopic (exact) mass is 343 g/mol. The number of pyridine rings is 1. The first kappa shape index (κ1) is 16.6. The highest BCUT2D eigenvalue weighted by atomic mass is 32.1. The Morgan fingerprint density at radius 1 is 1.21 bits per heavy atom. The van der Waals surface area contributed by atoms with Crippen molar-refractivity contribution in [2.75, 3.05) is 19.6 Å². The molecule has 2 amide bonds. The van der Waals surface area contributed by atoms with Crippen molar-refractivity contribution in [2.45, 2.75) is 19.3 Å². The van der Waals surface area contributed by atoms with Crippen molar-refractivity contribution in [1.82, 2.24) is 15.2 Å². The van der Waals surface area contributed by atoms with E-state index in [1.807, 2.05) is 40.6 Å². The molecule has 1 aliphatic heterocycles. The molecule has 2 aromatic heterocycles. The Bertz CT molecular complexity index is 665. The van der Waals surface area contributed by atoms with Crippen LogP contribution in [0, 0.1) is 5.92 Å². The molecule has 0 aliphatic carbocycles. The van der Waals surface area contributed by atoms with Crippen molar-refractivity contribution in [3.05, 3.63) is 52.5 Å². The van der Waals surface area contributed by atoms with Gasteiger partial charge < -0.3 is 10.2 Å². The van der Waals surface area contributed by atoms with Crippen LogP contribution in [0.25, 0.3) is 0 Å². The fourth-order valence-electron chi connectivity index (χ4n) is 2.90. The molecule has 0 radical (unpaired) electrons. The lowest BCUT2D eigenvalue weighted by molar-refractivity contribution is -0.126. The lowest BCUT2D eigenvalue weighted by Crippen LogP contribution is -2.43. The Hall–Kier alpha value is -2.21. The Morgan fingerprint density at radius 3 is 2.71 bits per heavy atom. The predicted molar refractivity (Wildman–Crippen MR) is 93.9 cm³/mol. The summed E-state index contributed by atoms with van der Waals surface area (Å²) in [7, 11) is 0. The van der Waals surface area contributed by atoms with E-state index < -0.39 is 0 Å². The van der Waals surface area contributed by atoms with Crippen molar-refractivity contribution >= 4 is 23.2 Å². The third-order valence-electron chi connectivity index (χ3n) is 4.29. The molecule has 24 heavy (non-hydrogen) atoms. The lowest BCUT2D eigenvalue weighted by Gasteiger charge is -2.31. The molecule has 1 fully saturated rings. The summed E-state index contributed by atoms with van der Waals surface area (Å²) in [4.78, 5) is 31.4. The molecule has 1 aliphatic rings. The second-order valence-electron chi connectivity index (χ2n) is 5.91. The van der Waals surface area contributed by atoms with Crippen LogP contribution < -0.4 is 5.32 Å². The van der Waals surface area contributed by atoms with Crippen LogP contribution in [0.1, 0.15) is 28.2 Å². The molecule has 1 N–H and O–H groups in total. The van der Waals surface area contributed by atoms with Crippen molar-refractivity contribution in [3.8, 4) is 0 Å². The van der Waals surface area contributed by atoms with Gasteiger partial charge in [-0.25, -0.2) is 0 Å². The van der Waals surface area contributed by atoms with Gasteiger partial charge in [0.2, 0.25) is 5.91 Å². The number of rotatable bonds is 5. The van der Waals surface area contributed by atoms with E-state index in [2.05, 4.69) is 10.3 Å². The van der Waals surface area contributed by atoms with E-state index in [4.69, 9.17) is 0 Å². The van der Waals surface area contributed by atoms with E-state index in [1.54, 1.807) is 6.20 Å². The summed E-state index contributed by atoms with van der Waals surface area (Å²) in [5, 5.41) is 4.90. The molecule has 0 aromatic carbocycles. The number of hydrogen-bond donors (Lipinski definition) is 1. The van der Waals surface area contributed by atoms with Crippen LogP contribution >= 0.6 is 11.3 Å². The fourth-order valence-corrected chi connectivity index (χ4v) is 3.60. The van der Waals surface area contributed by atoms with Gasteiger partial charge in [-0.15, -0.1) is 11.3 Å². The number of nitrogens with one attached hydrogen (secondary N) is 1. The minimum absolute atomic E-state index is 0.00104. The molecular formula is C18H21N3O2S. The van der Waals surface area contributed by atoms with Crippen LogP contribution in [-0.2, 0) is 11.2 Å². The number of thiophene rings is 1. The molecule has 1 saturated heterocycles. The number of piperidine rings is 1. The van der Waals surface area contributed by atoms with E-state index in [0.29, 0.717) is 19.6 Å². The summed E-state index contributed by atoms with van der Waals surface area (Å²) in [6, 6.07) is 9.53. The summed E-state index contributed by atoms with van der Waals surface area (Å²) >= 11 is 1.46. The van der Waals surface area contributed by atoms with Gasteiger partial charge in [0.15, 0.2) is 0 Å². The van der Waals surface area contributed by atoms with E-state index in [0.717, 1.165) is 29.8 Å². The number of likely N-dealkylation sites (tertiary alicyclic amines) is 1. The van der Waals surface area contributed by atoms with Gasteiger partial charge in [-0.1, -0.05) is 12.1 Å². The highest BCUT2D eigenvalue weighted by molar-refractivity contribution is 7.12. The van der Waals surface area contributed by atoms with E-state index in [1.165, 1.54) is 11.3 Å². The standard InChI is InChI=1S/C18H21N3O2S/c22-17(20-10-6-15-4-1-2-9-19-15)14-7-11-21(12-8-14)18(23)16-5-3-13-24-16/h1-5,9,13-14H,6-8,10-12H2,(H,20,22). The van der Waals surface area contributed by atoms with Gasteiger partial charge in [0.05, 0.1) is 4.88 Å². The number of carbonyl (C=O) groups is 2. The normalized spacial score (nSPS) is 15.2. The zero-order valence-corrected chi connectivity index (χ0v) is 14.3. The highest BCUT2D eigenvalue weighted by Crippen LogP contribution is 2.20. The van der Waals surface area contributed by atoms with E-state index >= 15 is 0 Å². The highest BCUT2D eigenvalue weighted by Gasteiger charge is 2.27. The molecule has 5 nitrogen and oxygen atoms in total. The van der Waals surface area contributed by atoms with Crippen LogP contribution in [0.2, 0.25) is 0 Å². The minimum atomic E-state index is 0.00104. The molecule has 0 spiro atoms. The van der Waals surface area contributed by atoms with Crippen molar-refractivity contribution in [2.24, 2.45) is 5.92 Å². The molecule has 0 unspecified atom stereocenters. The van der Waals surface area contributed by atoms with Crippen molar-refractivity contribution in [1.29, 1.82) is 0 Å². The van der Waals surface area contributed by atoms with Crippen LogP contribution in [0.4, 0.5) is 0 Å². The summed E-state index contributed by atoms with van der Waals surface area (Å²) in [6.07, 6.45) is 3.96. The molecule has 6 heteroatoms. The Labute approximate surface area is 145 Å². The van der Waals surface area contributed by atoms with Gasteiger partial charge in [-0.3, -0.25) is 14.6 Å². The van der Waals surface area contributed by atoms with E-state index in [9.17, 15) is 9.59 Å². The van der Waals surface area contributed by atoms with E-state index in [-0.39, 0.29) is 17.7 Å². The smallest absolute Gasteiger partial charge is 0.263 e. The Morgan fingerprint density at radius 2 is 2.04 bits per heavy atom. The summed E-state index contributed by atoms with van der Waals surface area (Å²) < 4.78 is 0. The average Bonchev–Trinajstić information content (AvgIpc) is 3.17. The molecule has 0 bridgehead atoms. The number of hydrogen-bond acceptors (Lipinski definition) is 4. The first-order valence-electron chi connectivity index (χ1n) is 8.24. The molecule has 3 rings (SSSR count). The van der Waals surface area contributed by atoms with Crippen molar-refractivity contribution in [3.63, 3.8) is 0 Å². The molecule has 2 aromatic rings.